The zero-order valence-electron chi connectivity index (χ0n) is 18.2. The van der Waals surface area contributed by atoms with Gasteiger partial charge in [0.2, 0.25) is 0 Å². The van der Waals surface area contributed by atoms with Gasteiger partial charge in [-0.1, -0.05) is 18.2 Å². The second-order valence-electron chi connectivity index (χ2n) is 8.74. The minimum absolute atomic E-state index is 0.348. The Hall–Kier alpha value is -3.65. The molecule has 2 saturated heterocycles. The maximum absolute atomic E-state index is 12.8. The Balaban J connectivity index is 1.53. The topological polar surface area (TPSA) is 72.7 Å². The molecule has 2 aromatic heterocycles. The lowest BCUT2D eigenvalue weighted by Crippen LogP contribution is -2.62. The van der Waals surface area contributed by atoms with Gasteiger partial charge in [0, 0.05) is 54.3 Å². The molecule has 8 heteroatoms. The standard InChI is InChI=1S/C24H23N5O3/c1-27-11-24(12-27)13-29(23(30)32-24)20-8-16-18(9-21(20)31-3)25-14-26-22(16)17-10-28(2)19-7-5-4-6-15(17)19/h4-10,14H,11-13H2,1-3H3. The van der Waals surface area contributed by atoms with Gasteiger partial charge in [-0.2, -0.15) is 0 Å². The van der Waals surface area contributed by atoms with Crippen LogP contribution in [0.5, 0.6) is 5.75 Å². The molecule has 4 heterocycles. The Morgan fingerprint density at radius 1 is 1.06 bits per heavy atom. The average Bonchev–Trinajstić information content (AvgIpc) is 3.29. The predicted molar refractivity (Wildman–Crippen MR) is 122 cm³/mol. The fourth-order valence-corrected chi connectivity index (χ4v) is 5.10. The number of carbonyl (C=O) groups is 1. The first-order valence-corrected chi connectivity index (χ1v) is 10.5. The smallest absolute Gasteiger partial charge is 0.415 e. The molecule has 0 saturated carbocycles. The van der Waals surface area contributed by atoms with Gasteiger partial charge in [-0.15, -0.1) is 0 Å². The van der Waals surface area contributed by atoms with E-state index in [0.29, 0.717) is 18.0 Å². The first-order valence-electron chi connectivity index (χ1n) is 10.5. The number of aryl methyl sites for hydroxylation is 1. The minimum atomic E-state index is -0.447. The Morgan fingerprint density at radius 2 is 1.88 bits per heavy atom. The summed E-state index contributed by atoms with van der Waals surface area (Å²) in [6.07, 6.45) is 3.31. The van der Waals surface area contributed by atoms with Gasteiger partial charge in [-0.3, -0.25) is 9.80 Å². The molecule has 0 N–H and O–H groups in total. The summed E-state index contributed by atoms with van der Waals surface area (Å²) in [6.45, 7) is 1.96. The van der Waals surface area contributed by atoms with Crippen molar-refractivity contribution >= 4 is 33.6 Å². The van der Waals surface area contributed by atoms with Gasteiger partial charge in [-0.05, 0) is 19.2 Å². The van der Waals surface area contributed by atoms with Crippen molar-refractivity contribution in [2.24, 2.45) is 7.05 Å². The van der Waals surface area contributed by atoms with E-state index in [9.17, 15) is 4.79 Å². The van der Waals surface area contributed by atoms with E-state index in [1.54, 1.807) is 18.3 Å². The Morgan fingerprint density at radius 3 is 2.66 bits per heavy atom. The highest BCUT2D eigenvalue weighted by Crippen LogP contribution is 2.42. The van der Waals surface area contributed by atoms with Gasteiger partial charge >= 0.3 is 6.09 Å². The van der Waals surface area contributed by atoms with Gasteiger partial charge in [0.15, 0.2) is 5.60 Å². The number of para-hydroxylation sites is 1. The van der Waals surface area contributed by atoms with Crippen LogP contribution in [0.15, 0.2) is 48.9 Å². The van der Waals surface area contributed by atoms with Crippen LogP contribution < -0.4 is 9.64 Å². The minimum Gasteiger partial charge on any atom is -0.494 e. The van der Waals surface area contributed by atoms with Crippen molar-refractivity contribution < 1.29 is 14.3 Å². The first kappa shape index (κ1) is 19.1. The van der Waals surface area contributed by atoms with E-state index in [2.05, 4.69) is 37.8 Å². The molecule has 162 valence electrons. The van der Waals surface area contributed by atoms with Gasteiger partial charge in [0.05, 0.1) is 30.6 Å². The van der Waals surface area contributed by atoms with Crippen LogP contribution >= 0.6 is 0 Å². The van der Waals surface area contributed by atoms with E-state index in [-0.39, 0.29) is 6.09 Å². The summed E-state index contributed by atoms with van der Waals surface area (Å²) in [5, 5.41) is 1.98. The molecule has 6 rings (SSSR count). The Kier molecular flexibility index (Phi) is 3.98. The van der Waals surface area contributed by atoms with Gasteiger partial charge in [0.1, 0.15) is 12.1 Å². The van der Waals surface area contributed by atoms with Crippen molar-refractivity contribution in [1.29, 1.82) is 0 Å². The second-order valence-corrected chi connectivity index (χ2v) is 8.74. The summed E-state index contributed by atoms with van der Waals surface area (Å²) in [5.74, 6) is 0.585. The molecule has 0 atom stereocenters. The zero-order valence-corrected chi connectivity index (χ0v) is 18.2. The quantitative estimate of drug-likeness (QED) is 0.497. The number of amides is 1. The van der Waals surface area contributed by atoms with Crippen molar-refractivity contribution in [2.75, 3.05) is 38.7 Å². The normalized spacial score (nSPS) is 17.8. The summed E-state index contributed by atoms with van der Waals surface area (Å²) >= 11 is 0. The third-order valence-electron chi connectivity index (χ3n) is 6.47. The van der Waals surface area contributed by atoms with Crippen LogP contribution in [0, 0.1) is 0 Å². The Labute approximate surface area is 185 Å². The lowest BCUT2D eigenvalue weighted by atomic mass is 9.95. The van der Waals surface area contributed by atoms with Crippen LogP contribution in [0.3, 0.4) is 0 Å². The molecule has 2 aliphatic rings. The predicted octanol–water partition coefficient (Wildman–Crippen LogP) is 3.44. The summed E-state index contributed by atoms with van der Waals surface area (Å²) in [6, 6.07) is 12.1. The molecule has 1 amide bonds. The zero-order chi connectivity index (χ0) is 22.0. The molecule has 0 unspecified atom stereocenters. The van der Waals surface area contributed by atoms with Crippen LogP contribution in [0.25, 0.3) is 33.1 Å². The van der Waals surface area contributed by atoms with E-state index < -0.39 is 5.60 Å². The van der Waals surface area contributed by atoms with Crippen molar-refractivity contribution in [2.45, 2.75) is 5.60 Å². The summed E-state index contributed by atoms with van der Waals surface area (Å²) in [4.78, 5) is 25.8. The number of nitrogens with zero attached hydrogens (tertiary/aromatic N) is 5. The maximum Gasteiger partial charge on any atom is 0.415 e. The molecule has 4 aromatic rings. The van der Waals surface area contributed by atoms with Crippen molar-refractivity contribution in [1.82, 2.24) is 19.4 Å². The molecule has 32 heavy (non-hydrogen) atoms. The number of methoxy groups -OCH3 is 1. The number of anilines is 1. The number of likely N-dealkylation sites (N-methyl/N-ethyl adjacent to an activating group) is 1. The van der Waals surface area contributed by atoms with Gasteiger partial charge in [-0.25, -0.2) is 14.8 Å². The monoisotopic (exact) mass is 429 g/mol. The molecule has 0 bridgehead atoms. The van der Waals surface area contributed by atoms with E-state index >= 15 is 0 Å². The maximum atomic E-state index is 12.8. The summed E-state index contributed by atoms with van der Waals surface area (Å²) < 4.78 is 13.5. The van der Waals surface area contributed by atoms with Crippen molar-refractivity contribution in [3.8, 4) is 17.0 Å². The van der Waals surface area contributed by atoms with Crippen molar-refractivity contribution in [3.05, 3.63) is 48.9 Å². The fraction of sp³-hybridized carbons (Fsp3) is 0.292. The number of benzene rings is 2. The molecule has 0 radical (unpaired) electrons. The van der Waals surface area contributed by atoms with E-state index in [1.807, 2.05) is 38.4 Å². The number of ether oxygens (including phenoxy) is 2. The second kappa shape index (κ2) is 6.67. The number of carbonyl (C=O) groups excluding carboxylic acids is 1. The number of rotatable bonds is 3. The van der Waals surface area contributed by atoms with E-state index in [4.69, 9.17) is 9.47 Å². The lowest BCUT2D eigenvalue weighted by molar-refractivity contribution is -0.0599. The average molecular weight is 429 g/mol. The number of aromatic nitrogens is 3. The summed E-state index contributed by atoms with van der Waals surface area (Å²) in [7, 11) is 5.65. The highest BCUT2D eigenvalue weighted by molar-refractivity contribution is 6.05. The number of fused-ring (bicyclic) bond motifs is 2. The fourth-order valence-electron chi connectivity index (χ4n) is 5.10. The van der Waals surface area contributed by atoms with E-state index in [1.165, 1.54) is 0 Å². The molecular formula is C24H23N5O3. The third-order valence-corrected chi connectivity index (χ3v) is 6.47. The van der Waals surface area contributed by atoms with Gasteiger partial charge in [0.25, 0.3) is 0 Å². The number of hydrogen-bond acceptors (Lipinski definition) is 6. The molecule has 0 aliphatic carbocycles. The van der Waals surface area contributed by atoms with Crippen LogP contribution in [-0.4, -0.2) is 64.9 Å². The largest absolute Gasteiger partial charge is 0.494 e. The van der Waals surface area contributed by atoms with Crippen molar-refractivity contribution in [3.63, 3.8) is 0 Å². The number of likely N-dealkylation sites (tertiary alicyclic amines) is 1. The van der Waals surface area contributed by atoms with Crippen LogP contribution in [0.2, 0.25) is 0 Å². The Bertz CT molecular complexity index is 1390. The summed E-state index contributed by atoms with van der Waals surface area (Å²) in [5.41, 5.74) is 3.95. The molecule has 2 aliphatic heterocycles. The van der Waals surface area contributed by atoms with Gasteiger partial charge < -0.3 is 14.0 Å². The highest BCUT2D eigenvalue weighted by atomic mass is 16.6. The van der Waals surface area contributed by atoms with Crippen LogP contribution in [-0.2, 0) is 11.8 Å². The number of hydrogen-bond donors (Lipinski definition) is 0. The molecular weight excluding hydrogens is 406 g/mol. The van der Waals surface area contributed by atoms with Crippen LogP contribution in [0.1, 0.15) is 0 Å². The first-order chi connectivity index (χ1) is 15.5. The third kappa shape index (κ3) is 2.69. The van der Waals surface area contributed by atoms with Crippen LogP contribution in [0.4, 0.5) is 10.5 Å². The molecule has 2 fully saturated rings. The highest BCUT2D eigenvalue weighted by Gasteiger charge is 2.53. The molecule has 8 nitrogen and oxygen atoms in total. The molecule has 1 spiro atoms. The SMILES string of the molecule is COc1cc2ncnc(-c3cn(C)c4ccccc34)c2cc1N1CC2(CN(C)C2)OC1=O. The lowest BCUT2D eigenvalue weighted by Gasteiger charge is -2.43. The van der Waals surface area contributed by atoms with E-state index in [0.717, 1.165) is 46.2 Å². The molecule has 2 aromatic carbocycles.